The molecule has 2 N–H and O–H groups in total. The fraction of sp³-hybridized carbons (Fsp3) is 0.235. The zero-order chi connectivity index (χ0) is 14.4. The Labute approximate surface area is 118 Å². The van der Waals surface area contributed by atoms with E-state index in [2.05, 4.69) is 0 Å². The van der Waals surface area contributed by atoms with Crippen LogP contribution in [0.5, 0.6) is 0 Å². The van der Waals surface area contributed by atoms with Gasteiger partial charge < -0.3 is 10.2 Å². The summed E-state index contributed by atoms with van der Waals surface area (Å²) < 4.78 is 0. The molecule has 3 nitrogen and oxygen atoms in total. The van der Waals surface area contributed by atoms with E-state index in [0.29, 0.717) is 0 Å². The molecule has 0 aromatic heterocycles. The first-order valence-electron chi connectivity index (χ1n) is 6.64. The normalized spacial score (nSPS) is 13.7. The molecule has 0 unspecified atom stereocenters. The Kier molecular flexibility index (Phi) is 5.04. The third-order valence-electron chi connectivity index (χ3n) is 3.21. The van der Waals surface area contributed by atoms with Gasteiger partial charge in [0.2, 0.25) is 0 Å². The molecule has 0 heterocycles. The second-order valence-corrected chi connectivity index (χ2v) is 4.80. The van der Waals surface area contributed by atoms with Gasteiger partial charge in [-0.25, -0.2) is 0 Å². The first kappa shape index (κ1) is 14.4. The highest BCUT2D eigenvalue weighted by atomic mass is 16.3. The molecule has 0 bridgehead atoms. The number of carbonyl (C=O) groups excluding carboxylic acids is 1. The summed E-state index contributed by atoms with van der Waals surface area (Å²) in [6.45, 7) is 0. The van der Waals surface area contributed by atoms with E-state index in [1.165, 1.54) is 0 Å². The van der Waals surface area contributed by atoms with Gasteiger partial charge in [0, 0.05) is 12.8 Å². The van der Waals surface area contributed by atoms with Crippen LogP contribution in [0.15, 0.2) is 60.7 Å². The minimum absolute atomic E-state index is 0.0217. The lowest BCUT2D eigenvalue weighted by atomic mass is 9.98. The van der Waals surface area contributed by atoms with Gasteiger partial charge in [-0.05, 0) is 11.1 Å². The van der Waals surface area contributed by atoms with Gasteiger partial charge in [-0.3, -0.25) is 4.79 Å². The molecule has 20 heavy (non-hydrogen) atoms. The predicted molar refractivity (Wildman–Crippen MR) is 77.0 cm³/mol. The predicted octanol–water partition coefficient (Wildman–Crippen LogP) is 2.80. The number of rotatable bonds is 6. The fourth-order valence-corrected chi connectivity index (χ4v) is 2.10. The monoisotopic (exact) mass is 270 g/mol. The maximum absolute atomic E-state index is 11.9. The smallest absolute Gasteiger partial charge is 0.138 e. The SMILES string of the molecule is O=C(C[C@H](O)c1ccccc1)C[C@H](O)c1ccccc1. The van der Waals surface area contributed by atoms with Crippen LogP contribution >= 0.6 is 0 Å². The molecule has 2 rings (SSSR count). The quantitative estimate of drug-likeness (QED) is 0.848. The molecular weight excluding hydrogens is 252 g/mol. The highest BCUT2D eigenvalue weighted by Crippen LogP contribution is 2.21. The van der Waals surface area contributed by atoms with Crippen molar-refractivity contribution in [2.24, 2.45) is 0 Å². The van der Waals surface area contributed by atoms with Crippen LogP contribution < -0.4 is 0 Å². The lowest BCUT2D eigenvalue weighted by Gasteiger charge is -2.13. The van der Waals surface area contributed by atoms with Crippen molar-refractivity contribution in [3.8, 4) is 0 Å². The summed E-state index contributed by atoms with van der Waals surface area (Å²) in [5.74, 6) is -0.155. The molecule has 0 aliphatic carbocycles. The number of carbonyl (C=O) groups is 1. The van der Waals surface area contributed by atoms with E-state index in [1.807, 2.05) is 36.4 Å². The summed E-state index contributed by atoms with van der Waals surface area (Å²) in [4.78, 5) is 11.9. The van der Waals surface area contributed by atoms with E-state index in [1.54, 1.807) is 24.3 Å². The van der Waals surface area contributed by atoms with Crippen molar-refractivity contribution in [1.82, 2.24) is 0 Å². The lowest BCUT2D eigenvalue weighted by molar-refractivity contribution is -0.123. The van der Waals surface area contributed by atoms with Crippen molar-refractivity contribution in [3.05, 3.63) is 71.8 Å². The zero-order valence-electron chi connectivity index (χ0n) is 11.1. The molecule has 2 aromatic rings. The van der Waals surface area contributed by atoms with Gasteiger partial charge in [-0.1, -0.05) is 60.7 Å². The Morgan fingerprint density at radius 3 is 1.45 bits per heavy atom. The van der Waals surface area contributed by atoms with Crippen LogP contribution in [0.3, 0.4) is 0 Å². The maximum Gasteiger partial charge on any atom is 0.138 e. The van der Waals surface area contributed by atoms with Crippen LogP contribution in [0.4, 0.5) is 0 Å². The van der Waals surface area contributed by atoms with Crippen molar-refractivity contribution in [2.45, 2.75) is 25.0 Å². The van der Waals surface area contributed by atoms with E-state index in [4.69, 9.17) is 0 Å². The standard InChI is InChI=1S/C17H18O3/c18-15(11-16(19)13-7-3-1-4-8-13)12-17(20)14-9-5-2-6-10-14/h1-10,16-17,19-20H,11-12H2/t16-,17-/m0/s1. The molecule has 0 fully saturated rings. The van der Waals surface area contributed by atoms with Gasteiger partial charge in [0.05, 0.1) is 12.2 Å². The van der Waals surface area contributed by atoms with Crippen molar-refractivity contribution < 1.29 is 15.0 Å². The van der Waals surface area contributed by atoms with Crippen molar-refractivity contribution in [2.75, 3.05) is 0 Å². The number of aliphatic hydroxyl groups excluding tert-OH is 2. The molecule has 0 spiro atoms. The number of hydrogen-bond acceptors (Lipinski definition) is 3. The number of Topliss-reactive ketones (excluding diaryl/α,β-unsaturated/α-hetero) is 1. The highest BCUT2D eigenvalue weighted by molar-refractivity contribution is 5.79. The van der Waals surface area contributed by atoms with Crippen LogP contribution in [-0.4, -0.2) is 16.0 Å². The van der Waals surface area contributed by atoms with Gasteiger partial charge in [-0.15, -0.1) is 0 Å². The summed E-state index contributed by atoms with van der Waals surface area (Å²) in [6, 6.07) is 18.1. The molecule has 0 aliphatic heterocycles. The van der Waals surface area contributed by atoms with Crippen LogP contribution in [0.2, 0.25) is 0 Å². The molecule has 2 aromatic carbocycles. The molecule has 0 amide bonds. The largest absolute Gasteiger partial charge is 0.388 e. The van der Waals surface area contributed by atoms with Gasteiger partial charge in [0.15, 0.2) is 0 Å². The highest BCUT2D eigenvalue weighted by Gasteiger charge is 2.17. The zero-order valence-corrected chi connectivity index (χ0v) is 11.1. The summed E-state index contributed by atoms with van der Waals surface area (Å²) in [7, 11) is 0. The lowest BCUT2D eigenvalue weighted by Crippen LogP contribution is -2.11. The molecule has 3 heteroatoms. The minimum Gasteiger partial charge on any atom is -0.388 e. The van der Waals surface area contributed by atoms with E-state index in [-0.39, 0.29) is 18.6 Å². The Morgan fingerprint density at radius 1 is 0.750 bits per heavy atom. The minimum atomic E-state index is -0.813. The van der Waals surface area contributed by atoms with Crippen molar-refractivity contribution in [1.29, 1.82) is 0 Å². The van der Waals surface area contributed by atoms with Gasteiger partial charge >= 0.3 is 0 Å². The summed E-state index contributed by atoms with van der Waals surface area (Å²) in [5.41, 5.74) is 1.44. The van der Waals surface area contributed by atoms with Gasteiger partial charge in [0.25, 0.3) is 0 Å². The summed E-state index contributed by atoms with van der Waals surface area (Å²) in [5, 5.41) is 19.9. The Bertz CT molecular complexity index is 487. The van der Waals surface area contributed by atoms with Gasteiger partial charge in [-0.2, -0.15) is 0 Å². The maximum atomic E-state index is 11.9. The third-order valence-corrected chi connectivity index (χ3v) is 3.21. The average Bonchev–Trinajstić information content (AvgIpc) is 2.49. The Morgan fingerprint density at radius 2 is 1.10 bits per heavy atom. The molecule has 2 atom stereocenters. The topological polar surface area (TPSA) is 57.5 Å². The van der Waals surface area contributed by atoms with E-state index in [0.717, 1.165) is 11.1 Å². The van der Waals surface area contributed by atoms with Crippen molar-refractivity contribution in [3.63, 3.8) is 0 Å². The van der Waals surface area contributed by atoms with Crippen LogP contribution in [0, 0.1) is 0 Å². The number of ketones is 1. The molecule has 0 saturated heterocycles. The third kappa shape index (κ3) is 4.02. The van der Waals surface area contributed by atoms with E-state index >= 15 is 0 Å². The number of benzene rings is 2. The average molecular weight is 270 g/mol. The summed E-state index contributed by atoms with van der Waals surface area (Å²) >= 11 is 0. The molecule has 0 radical (unpaired) electrons. The van der Waals surface area contributed by atoms with E-state index < -0.39 is 12.2 Å². The number of aliphatic hydroxyl groups is 2. The van der Waals surface area contributed by atoms with E-state index in [9.17, 15) is 15.0 Å². The Balaban J connectivity index is 1.90. The second kappa shape index (κ2) is 6.98. The summed E-state index contributed by atoms with van der Waals surface area (Å²) in [6.07, 6.45) is -1.58. The fourth-order valence-electron chi connectivity index (χ4n) is 2.10. The first-order valence-corrected chi connectivity index (χ1v) is 6.64. The van der Waals surface area contributed by atoms with Crippen molar-refractivity contribution >= 4 is 5.78 Å². The molecular formula is C17H18O3. The van der Waals surface area contributed by atoms with Crippen LogP contribution in [0.25, 0.3) is 0 Å². The van der Waals surface area contributed by atoms with Gasteiger partial charge in [0.1, 0.15) is 5.78 Å². The molecule has 0 saturated carbocycles. The van der Waals surface area contributed by atoms with Crippen LogP contribution in [-0.2, 0) is 4.79 Å². The first-order chi connectivity index (χ1) is 9.66. The molecule has 0 aliphatic rings. The van der Waals surface area contributed by atoms with Crippen LogP contribution in [0.1, 0.15) is 36.2 Å². The second-order valence-electron chi connectivity index (χ2n) is 4.80. The number of hydrogen-bond donors (Lipinski definition) is 2. The molecule has 104 valence electrons. The Hall–Kier alpha value is -1.97.